The topological polar surface area (TPSA) is 51.3 Å². The van der Waals surface area contributed by atoms with E-state index in [0.717, 1.165) is 6.42 Å². The molecule has 0 amide bonds. The lowest BCUT2D eigenvalue weighted by Gasteiger charge is -1.84. The zero-order chi connectivity index (χ0) is 10.6. The van der Waals surface area contributed by atoms with Crippen molar-refractivity contribution in [1.29, 1.82) is 0 Å². The second-order valence-electron chi connectivity index (χ2n) is 3.38. The monoisotopic (exact) mass is 193 g/mol. The van der Waals surface area contributed by atoms with Gasteiger partial charge in [0.1, 0.15) is 0 Å². The molecule has 1 aromatic heterocycles. The molecule has 4 heteroatoms. The summed E-state index contributed by atoms with van der Waals surface area (Å²) in [6.07, 6.45) is 3.01. The minimum absolute atomic E-state index is 0.623. The molecule has 0 saturated carbocycles. The van der Waals surface area contributed by atoms with Crippen LogP contribution in [-0.4, -0.2) is 15.9 Å². The second-order valence-corrected chi connectivity index (χ2v) is 3.38. The van der Waals surface area contributed by atoms with Crippen LogP contribution in [0.4, 0.5) is 0 Å². The minimum Gasteiger partial charge on any atom is -0.340 e. The van der Waals surface area contributed by atoms with Gasteiger partial charge in [-0.15, -0.1) is 0 Å². The van der Waals surface area contributed by atoms with Crippen molar-refractivity contribution in [3.63, 3.8) is 0 Å². The van der Waals surface area contributed by atoms with E-state index in [2.05, 4.69) is 26.6 Å². The molecule has 76 valence electrons. The normalized spacial score (nSPS) is 14.3. The molecule has 1 aliphatic heterocycles. The Balaban J connectivity index is 0.000000140. The third kappa shape index (κ3) is 3.51. The summed E-state index contributed by atoms with van der Waals surface area (Å²) in [5.41, 5.74) is 2.61. The molecule has 0 aliphatic carbocycles. The average molecular weight is 193 g/mol. The van der Waals surface area contributed by atoms with Gasteiger partial charge < -0.3 is 4.52 Å². The first-order chi connectivity index (χ1) is 6.58. The average Bonchev–Trinajstić information content (AvgIpc) is 2.63. The summed E-state index contributed by atoms with van der Waals surface area (Å²) in [6, 6.07) is 0. The van der Waals surface area contributed by atoms with Crippen molar-refractivity contribution in [3.8, 4) is 0 Å². The van der Waals surface area contributed by atoms with Crippen LogP contribution in [0, 0.1) is 13.8 Å². The van der Waals surface area contributed by atoms with Gasteiger partial charge in [0.25, 0.3) is 0 Å². The Morgan fingerprint density at radius 1 is 1.21 bits per heavy atom. The lowest BCUT2D eigenvalue weighted by molar-refractivity contribution is 0.389. The van der Waals surface area contributed by atoms with Crippen molar-refractivity contribution in [2.75, 3.05) is 0 Å². The van der Waals surface area contributed by atoms with Crippen LogP contribution in [-0.2, 0) is 0 Å². The van der Waals surface area contributed by atoms with E-state index in [-0.39, 0.29) is 0 Å². The van der Waals surface area contributed by atoms with Crippen molar-refractivity contribution in [1.82, 2.24) is 10.1 Å². The zero-order valence-electron chi connectivity index (χ0n) is 9.03. The lowest BCUT2D eigenvalue weighted by atomic mass is 10.2. The van der Waals surface area contributed by atoms with Gasteiger partial charge in [-0.25, -0.2) is 0 Å². The molecule has 4 nitrogen and oxygen atoms in total. The maximum atomic E-state index is 4.60. The number of nitrogens with zero attached hydrogens (tertiary/aromatic N) is 3. The molecule has 0 aromatic carbocycles. The number of rotatable bonds is 0. The van der Waals surface area contributed by atoms with Crippen LogP contribution in [0.3, 0.4) is 0 Å². The predicted molar refractivity (Wildman–Crippen MR) is 55.3 cm³/mol. The minimum atomic E-state index is 0.623. The Hall–Kier alpha value is -1.45. The molecular weight excluding hydrogens is 178 g/mol. The lowest BCUT2D eigenvalue weighted by Crippen LogP contribution is -1.82. The van der Waals surface area contributed by atoms with Crippen LogP contribution < -0.4 is 0 Å². The van der Waals surface area contributed by atoms with Gasteiger partial charge in [-0.1, -0.05) is 5.16 Å². The Morgan fingerprint density at radius 2 is 1.93 bits per heavy atom. The fourth-order valence-corrected chi connectivity index (χ4v) is 1.12. The summed E-state index contributed by atoms with van der Waals surface area (Å²) in [5.74, 6) is 1.31. The van der Waals surface area contributed by atoms with Gasteiger partial charge in [-0.3, -0.25) is 4.99 Å². The fraction of sp³-hybridized carbons (Fsp3) is 0.500. The summed E-state index contributed by atoms with van der Waals surface area (Å²) in [7, 11) is 0. The molecule has 0 N–H and O–H groups in total. The van der Waals surface area contributed by atoms with Crippen LogP contribution in [0.5, 0.6) is 0 Å². The van der Waals surface area contributed by atoms with Gasteiger partial charge in [-0.05, 0) is 26.3 Å². The SMILES string of the molecule is CC1=CN=C(C)C1.Cc1noc(C)n1. The number of allylic oxidation sites excluding steroid dienone is 1. The van der Waals surface area contributed by atoms with E-state index in [1.165, 1.54) is 11.3 Å². The molecule has 0 radical (unpaired) electrons. The summed E-state index contributed by atoms with van der Waals surface area (Å²) < 4.78 is 4.60. The van der Waals surface area contributed by atoms with Gasteiger partial charge >= 0.3 is 0 Å². The molecule has 2 rings (SSSR count). The van der Waals surface area contributed by atoms with Gasteiger partial charge in [-0.2, -0.15) is 4.98 Å². The fourth-order valence-electron chi connectivity index (χ4n) is 1.12. The molecular formula is C10H15N3O. The molecule has 0 spiro atoms. The second kappa shape index (κ2) is 4.69. The third-order valence-corrected chi connectivity index (χ3v) is 1.67. The van der Waals surface area contributed by atoms with Crippen molar-refractivity contribution in [2.45, 2.75) is 34.1 Å². The van der Waals surface area contributed by atoms with Crippen molar-refractivity contribution in [3.05, 3.63) is 23.5 Å². The highest BCUT2D eigenvalue weighted by molar-refractivity contribution is 5.86. The Labute approximate surface area is 83.7 Å². The van der Waals surface area contributed by atoms with Crippen molar-refractivity contribution >= 4 is 5.71 Å². The van der Waals surface area contributed by atoms with Crippen LogP contribution >= 0.6 is 0 Å². The van der Waals surface area contributed by atoms with Crippen LogP contribution in [0.15, 0.2) is 21.3 Å². The van der Waals surface area contributed by atoms with Crippen LogP contribution in [0.2, 0.25) is 0 Å². The van der Waals surface area contributed by atoms with E-state index >= 15 is 0 Å². The highest BCUT2D eigenvalue weighted by Crippen LogP contribution is 2.08. The van der Waals surface area contributed by atoms with Gasteiger partial charge in [0.05, 0.1) is 0 Å². The van der Waals surface area contributed by atoms with Crippen molar-refractivity contribution in [2.24, 2.45) is 4.99 Å². The molecule has 0 bridgehead atoms. The standard InChI is InChI=1S/C6H9N.C4H6N2O/c1-5-3-6(2)7-4-5;1-3-5-4(2)7-6-3/h4H,3H2,1-2H3;1-2H3. The predicted octanol–water partition coefficient (Wildman–Crippen LogP) is 2.44. The molecule has 0 unspecified atom stereocenters. The van der Waals surface area contributed by atoms with Crippen LogP contribution in [0.1, 0.15) is 32.0 Å². The van der Waals surface area contributed by atoms with E-state index in [4.69, 9.17) is 0 Å². The quantitative estimate of drug-likeness (QED) is 0.635. The van der Waals surface area contributed by atoms with E-state index in [1.807, 2.05) is 13.1 Å². The molecule has 2 heterocycles. The number of hydrogen-bond donors (Lipinski definition) is 0. The Kier molecular flexibility index (Phi) is 3.56. The summed E-state index contributed by atoms with van der Waals surface area (Å²) in [5, 5.41) is 3.53. The molecule has 0 saturated heterocycles. The molecule has 0 fully saturated rings. The maximum Gasteiger partial charge on any atom is 0.223 e. The van der Waals surface area contributed by atoms with Gasteiger partial charge in [0.15, 0.2) is 5.82 Å². The summed E-state index contributed by atoms with van der Waals surface area (Å²) in [4.78, 5) is 7.91. The molecule has 0 atom stereocenters. The number of aryl methyl sites for hydroxylation is 2. The van der Waals surface area contributed by atoms with E-state index in [9.17, 15) is 0 Å². The number of aromatic nitrogens is 2. The first-order valence-corrected chi connectivity index (χ1v) is 4.54. The maximum absolute atomic E-state index is 4.60. The molecule has 14 heavy (non-hydrogen) atoms. The van der Waals surface area contributed by atoms with Crippen LogP contribution in [0.25, 0.3) is 0 Å². The number of hydrogen-bond acceptors (Lipinski definition) is 4. The zero-order valence-corrected chi connectivity index (χ0v) is 9.03. The van der Waals surface area contributed by atoms with Crippen molar-refractivity contribution < 1.29 is 4.52 Å². The van der Waals surface area contributed by atoms with E-state index in [0.29, 0.717) is 11.7 Å². The van der Waals surface area contributed by atoms with Gasteiger partial charge in [0, 0.05) is 25.3 Å². The smallest absolute Gasteiger partial charge is 0.223 e. The van der Waals surface area contributed by atoms with E-state index < -0.39 is 0 Å². The highest BCUT2D eigenvalue weighted by atomic mass is 16.5. The third-order valence-electron chi connectivity index (χ3n) is 1.67. The molecule has 1 aromatic rings. The molecule has 1 aliphatic rings. The number of aliphatic imine (C=N–C) groups is 1. The summed E-state index contributed by atoms with van der Waals surface area (Å²) >= 11 is 0. The largest absolute Gasteiger partial charge is 0.340 e. The van der Waals surface area contributed by atoms with Gasteiger partial charge in [0.2, 0.25) is 5.89 Å². The summed E-state index contributed by atoms with van der Waals surface area (Å²) in [6.45, 7) is 7.70. The first-order valence-electron chi connectivity index (χ1n) is 4.54. The Morgan fingerprint density at radius 3 is 2.07 bits per heavy atom. The highest BCUT2D eigenvalue weighted by Gasteiger charge is 1.97. The van der Waals surface area contributed by atoms with E-state index in [1.54, 1.807) is 13.8 Å². The Bertz CT molecular complexity index is 331. The first kappa shape index (κ1) is 10.6.